The topological polar surface area (TPSA) is 65.5 Å². The van der Waals surface area contributed by atoms with Gasteiger partial charge in [0.25, 0.3) is 17.7 Å². The van der Waals surface area contributed by atoms with Crippen LogP contribution in [0.1, 0.15) is 64.8 Å². The Hall–Kier alpha value is -3.03. The minimum atomic E-state index is -2.71. The molecule has 3 heterocycles. The van der Waals surface area contributed by atoms with Crippen LogP contribution in [0.15, 0.2) is 36.7 Å². The van der Waals surface area contributed by atoms with Gasteiger partial charge < -0.3 is 15.1 Å². The number of aryl methyl sites for hydroxylation is 1. The lowest BCUT2D eigenvalue weighted by Crippen LogP contribution is -2.42. The van der Waals surface area contributed by atoms with Crippen LogP contribution in [0.4, 0.5) is 20.2 Å². The summed E-state index contributed by atoms with van der Waals surface area (Å²) in [5, 5.41) is 2.92. The molecule has 8 heteroatoms. The summed E-state index contributed by atoms with van der Waals surface area (Å²) in [6.07, 6.45) is 7.64. The zero-order valence-electron chi connectivity index (χ0n) is 19.4. The molecule has 1 saturated carbocycles. The molecule has 3 fully saturated rings. The Bertz CT molecular complexity index is 1100. The molecule has 0 unspecified atom stereocenters. The van der Waals surface area contributed by atoms with Crippen LogP contribution in [0.2, 0.25) is 0 Å². The van der Waals surface area contributed by atoms with Gasteiger partial charge in [-0.25, -0.2) is 8.78 Å². The van der Waals surface area contributed by atoms with Crippen LogP contribution in [-0.4, -0.2) is 53.8 Å². The van der Waals surface area contributed by atoms with Gasteiger partial charge in [0.15, 0.2) is 0 Å². The summed E-state index contributed by atoms with van der Waals surface area (Å²) in [4.78, 5) is 34.2. The zero-order chi connectivity index (χ0) is 23.9. The summed E-state index contributed by atoms with van der Waals surface area (Å²) in [7, 11) is 0. The SMILES string of the molecule is Cc1ccc(NC(=O)c2ccncc2N2CCC3(CC2)CC3)cc1C(=O)N1CCC(F)(F)CC1. The van der Waals surface area contributed by atoms with Crippen molar-refractivity contribution in [1.82, 2.24) is 9.88 Å². The van der Waals surface area contributed by atoms with E-state index in [-0.39, 0.29) is 37.7 Å². The highest BCUT2D eigenvalue weighted by atomic mass is 19.3. The number of aromatic nitrogens is 1. The third-order valence-corrected chi connectivity index (χ3v) is 7.67. The van der Waals surface area contributed by atoms with Crippen LogP contribution in [0, 0.1) is 12.3 Å². The van der Waals surface area contributed by atoms with Crippen molar-refractivity contribution in [1.29, 1.82) is 0 Å². The number of halogens is 2. The fourth-order valence-electron chi connectivity index (χ4n) is 5.06. The first-order valence-electron chi connectivity index (χ1n) is 12.0. The number of nitrogens with one attached hydrogen (secondary N) is 1. The van der Waals surface area contributed by atoms with Crippen LogP contribution < -0.4 is 10.2 Å². The first kappa shape index (κ1) is 22.7. The number of carbonyl (C=O) groups excluding carboxylic acids is 2. The summed E-state index contributed by atoms with van der Waals surface area (Å²) in [5.41, 5.74) is 3.58. The number of alkyl halides is 2. The number of hydrogen-bond donors (Lipinski definition) is 1. The summed E-state index contributed by atoms with van der Waals surface area (Å²) < 4.78 is 27.0. The van der Waals surface area contributed by atoms with E-state index in [1.165, 1.54) is 17.7 Å². The monoisotopic (exact) mass is 468 g/mol. The zero-order valence-corrected chi connectivity index (χ0v) is 19.4. The molecule has 0 atom stereocenters. The van der Waals surface area contributed by atoms with Crippen molar-refractivity contribution in [2.45, 2.75) is 51.4 Å². The van der Waals surface area contributed by atoms with Crippen molar-refractivity contribution < 1.29 is 18.4 Å². The second-order valence-corrected chi connectivity index (χ2v) is 10.0. The lowest BCUT2D eigenvalue weighted by atomic mass is 9.93. The van der Waals surface area contributed by atoms with Gasteiger partial charge >= 0.3 is 0 Å². The third kappa shape index (κ3) is 4.63. The Kier molecular flexibility index (Phi) is 5.78. The Balaban J connectivity index is 1.31. The van der Waals surface area contributed by atoms with E-state index < -0.39 is 5.92 Å². The van der Waals surface area contributed by atoms with E-state index in [1.807, 2.05) is 0 Å². The molecule has 2 saturated heterocycles. The fraction of sp³-hybridized carbons (Fsp3) is 0.500. The van der Waals surface area contributed by atoms with Gasteiger partial charge in [-0.3, -0.25) is 14.6 Å². The molecule has 1 aromatic heterocycles. The van der Waals surface area contributed by atoms with Crippen molar-refractivity contribution >= 4 is 23.2 Å². The second kappa shape index (κ2) is 8.64. The number of likely N-dealkylation sites (tertiary alicyclic amines) is 1. The maximum atomic E-state index is 13.5. The molecule has 0 radical (unpaired) electrons. The minimum absolute atomic E-state index is 0.0271. The molecule has 0 bridgehead atoms. The van der Waals surface area contributed by atoms with E-state index >= 15 is 0 Å². The van der Waals surface area contributed by atoms with E-state index in [9.17, 15) is 18.4 Å². The average molecular weight is 469 g/mol. The quantitative estimate of drug-likeness (QED) is 0.694. The first-order chi connectivity index (χ1) is 16.3. The van der Waals surface area contributed by atoms with Crippen LogP contribution >= 0.6 is 0 Å². The van der Waals surface area contributed by atoms with Gasteiger partial charge in [-0.1, -0.05) is 6.07 Å². The molecule has 2 aliphatic heterocycles. The smallest absolute Gasteiger partial charge is 0.257 e. The Morgan fingerprint density at radius 3 is 2.32 bits per heavy atom. The van der Waals surface area contributed by atoms with Crippen LogP contribution in [0.25, 0.3) is 0 Å². The summed E-state index contributed by atoms with van der Waals surface area (Å²) >= 11 is 0. The molecule has 3 aliphatic rings. The number of benzene rings is 1. The maximum Gasteiger partial charge on any atom is 0.257 e. The molecule has 34 heavy (non-hydrogen) atoms. The fourth-order valence-corrected chi connectivity index (χ4v) is 5.06. The molecule has 2 aromatic rings. The van der Waals surface area contributed by atoms with Crippen LogP contribution in [0.5, 0.6) is 0 Å². The highest BCUT2D eigenvalue weighted by Crippen LogP contribution is 2.54. The van der Waals surface area contributed by atoms with E-state index in [4.69, 9.17) is 0 Å². The predicted molar refractivity (Wildman–Crippen MR) is 127 cm³/mol. The number of pyridine rings is 1. The minimum Gasteiger partial charge on any atom is -0.370 e. The van der Waals surface area contributed by atoms with Gasteiger partial charge in [-0.15, -0.1) is 0 Å². The number of nitrogens with zero attached hydrogens (tertiary/aromatic N) is 3. The molecular formula is C26H30F2N4O2. The molecule has 180 valence electrons. The Morgan fingerprint density at radius 2 is 1.65 bits per heavy atom. The largest absolute Gasteiger partial charge is 0.370 e. The van der Waals surface area contributed by atoms with Gasteiger partial charge in [0, 0.05) is 56.5 Å². The number of amides is 2. The molecule has 1 aliphatic carbocycles. The Morgan fingerprint density at radius 1 is 0.941 bits per heavy atom. The van der Waals surface area contributed by atoms with E-state index in [0.717, 1.165) is 37.2 Å². The van der Waals surface area contributed by atoms with E-state index in [2.05, 4.69) is 15.2 Å². The number of anilines is 2. The van der Waals surface area contributed by atoms with Gasteiger partial charge in [0.1, 0.15) is 0 Å². The molecule has 1 N–H and O–H groups in total. The normalized spacial score (nSPS) is 20.8. The molecule has 1 aromatic carbocycles. The van der Waals surface area contributed by atoms with E-state index in [0.29, 0.717) is 22.2 Å². The van der Waals surface area contributed by atoms with Gasteiger partial charge in [0.2, 0.25) is 0 Å². The van der Waals surface area contributed by atoms with Crippen molar-refractivity contribution in [2.75, 3.05) is 36.4 Å². The molecule has 6 nitrogen and oxygen atoms in total. The number of carbonyl (C=O) groups is 2. The summed E-state index contributed by atoms with van der Waals surface area (Å²) in [6.45, 7) is 3.70. The molecule has 2 amide bonds. The lowest BCUT2D eigenvalue weighted by molar-refractivity contribution is -0.0494. The van der Waals surface area contributed by atoms with Crippen molar-refractivity contribution in [3.8, 4) is 0 Å². The highest BCUT2D eigenvalue weighted by Gasteiger charge is 2.44. The Labute approximate surface area is 198 Å². The molecule has 1 spiro atoms. The number of hydrogen-bond acceptors (Lipinski definition) is 4. The van der Waals surface area contributed by atoms with E-state index in [1.54, 1.807) is 43.6 Å². The highest BCUT2D eigenvalue weighted by molar-refractivity contribution is 6.08. The summed E-state index contributed by atoms with van der Waals surface area (Å²) in [5.74, 6) is -3.25. The third-order valence-electron chi connectivity index (χ3n) is 7.67. The van der Waals surface area contributed by atoms with Crippen molar-refractivity contribution in [3.05, 3.63) is 53.3 Å². The standard InChI is InChI=1S/C26H30F2N4O2/c1-18-2-3-19(16-21(18)24(34)32-14-9-26(27,28)10-15-32)30-23(33)20-4-11-29-17-22(20)31-12-7-25(5-6-25)8-13-31/h2-4,11,16-17H,5-10,12-15H2,1H3,(H,30,33). The number of piperidine rings is 2. The van der Waals surface area contributed by atoms with Gasteiger partial charge in [0.05, 0.1) is 17.4 Å². The second-order valence-electron chi connectivity index (χ2n) is 10.0. The van der Waals surface area contributed by atoms with Crippen molar-refractivity contribution in [2.24, 2.45) is 5.41 Å². The van der Waals surface area contributed by atoms with Crippen LogP contribution in [-0.2, 0) is 0 Å². The molecular weight excluding hydrogens is 438 g/mol. The average Bonchev–Trinajstić information content (AvgIpc) is 3.59. The van der Waals surface area contributed by atoms with Gasteiger partial charge in [-0.2, -0.15) is 0 Å². The molecule has 5 rings (SSSR count). The first-order valence-corrected chi connectivity index (χ1v) is 12.0. The lowest BCUT2D eigenvalue weighted by Gasteiger charge is -2.34. The maximum absolute atomic E-state index is 13.5. The number of rotatable bonds is 4. The predicted octanol–water partition coefficient (Wildman–Crippen LogP) is 4.89. The van der Waals surface area contributed by atoms with Gasteiger partial charge in [-0.05, 0) is 61.8 Å². The summed E-state index contributed by atoms with van der Waals surface area (Å²) in [6, 6.07) is 6.89. The van der Waals surface area contributed by atoms with Crippen LogP contribution in [0.3, 0.4) is 0 Å². The van der Waals surface area contributed by atoms with Crippen molar-refractivity contribution in [3.63, 3.8) is 0 Å².